The van der Waals surface area contributed by atoms with Crippen LogP contribution in [0.3, 0.4) is 0 Å². The number of carbonyl (C=O) groups excluding carboxylic acids is 1. The molecule has 4 nitrogen and oxygen atoms in total. The summed E-state index contributed by atoms with van der Waals surface area (Å²) in [6.45, 7) is 2.33. The molecule has 13 heavy (non-hydrogen) atoms. The zero-order chi connectivity index (χ0) is 10.1. The van der Waals surface area contributed by atoms with E-state index in [1.807, 2.05) is 0 Å². The van der Waals surface area contributed by atoms with E-state index in [0.29, 0.717) is 26.1 Å². The maximum atomic E-state index is 11.0. The van der Waals surface area contributed by atoms with Gasteiger partial charge < -0.3 is 14.9 Å². The van der Waals surface area contributed by atoms with Crippen LogP contribution in [0.4, 0.5) is 0 Å². The fourth-order valence-electron chi connectivity index (χ4n) is 1.10. The maximum absolute atomic E-state index is 11.0. The van der Waals surface area contributed by atoms with Gasteiger partial charge in [-0.05, 0) is 19.8 Å². The lowest BCUT2D eigenvalue weighted by molar-refractivity contribution is -0.121. The minimum Gasteiger partial charge on any atom is -0.396 e. The molecular formula is C9H18O4. The smallest absolute Gasteiger partial charge is 0.133 e. The Hall–Kier alpha value is -0.450. The molecule has 1 atom stereocenters. The van der Waals surface area contributed by atoms with Gasteiger partial charge in [-0.3, -0.25) is 4.79 Å². The highest BCUT2D eigenvalue weighted by Crippen LogP contribution is 2.09. The predicted molar refractivity (Wildman–Crippen MR) is 48.4 cm³/mol. The maximum Gasteiger partial charge on any atom is 0.133 e. The lowest BCUT2D eigenvalue weighted by Gasteiger charge is -2.11. The van der Waals surface area contributed by atoms with Gasteiger partial charge in [0.1, 0.15) is 5.78 Å². The third-order valence-electron chi connectivity index (χ3n) is 1.90. The normalized spacial score (nSPS) is 12.8. The third kappa shape index (κ3) is 6.69. The van der Waals surface area contributed by atoms with E-state index in [9.17, 15) is 4.79 Å². The zero-order valence-corrected chi connectivity index (χ0v) is 8.03. The molecule has 1 unspecified atom stereocenters. The molecule has 0 fully saturated rings. The number of carbonyl (C=O) groups is 1. The summed E-state index contributed by atoms with van der Waals surface area (Å²) in [5.41, 5.74) is 0. The number of rotatable bonds is 8. The lowest BCUT2D eigenvalue weighted by Crippen LogP contribution is -2.15. The van der Waals surface area contributed by atoms with Gasteiger partial charge in [0.15, 0.2) is 0 Å². The third-order valence-corrected chi connectivity index (χ3v) is 1.90. The molecule has 0 radical (unpaired) electrons. The van der Waals surface area contributed by atoms with Crippen LogP contribution in [0, 0.1) is 5.92 Å². The molecule has 0 rings (SSSR count). The Morgan fingerprint density at radius 1 is 1.23 bits per heavy atom. The molecule has 0 heterocycles. The van der Waals surface area contributed by atoms with Gasteiger partial charge >= 0.3 is 0 Å². The van der Waals surface area contributed by atoms with Crippen molar-refractivity contribution in [2.75, 3.05) is 26.4 Å². The van der Waals surface area contributed by atoms with Gasteiger partial charge in [0, 0.05) is 19.1 Å². The highest BCUT2D eigenvalue weighted by molar-refractivity contribution is 5.78. The molecule has 0 aromatic heterocycles. The summed E-state index contributed by atoms with van der Waals surface area (Å²) in [6.07, 6.45) is 1.12. The Labute approximate surface area is 78.5 Å². The van der Waals surface area contributed by atoms with Crippen molar-refractivity contribution >= 4 is 5.78 Å². The van der Waals surface area contributed by atoms with E-state index in [4.69, 9.17) is 14.9 Å². The summed E-state index contributed by atoms with van der Waals surface area (Å²) in [4.78, 5) is 11.0. The highest BCUT2D eigenvalue weighted by atomic mass is 16.5. The molecule has 2 N–H and O–H groups in total. The number of hydrogen-bond acceptors (Lipinski definition) is 4. The van der Waals surface area contributed by atoms with Crippen molar-refractivity contribution < 1.29 is 19.7 Å². The molecule has 0 saturated heterocycles. The van der Waals surface area contributed by atoms with Crippen molar-refractivity contribution in [3.8, 4) is 0 Å². The minimum atomic E-state index is -0.108. The van der Waals surface area contributed by atoms with Crippen LogP contribution in [-0.4, -0.2) is 42.4 Å². The average molecular weight is 190 g/mol. The molecule has 0 aromatic carbocycles. The van der Waals surface area contributed by atoms with Gasteiger partial charge in [-0.2, -0.15) is 0 Å². The largest absolute Gasteiger partial charge is 0.396 e. The van der Waals surface area contributed by atoms with Crippen LogP contribution in [0.2, 0.25) is 0 Å². The van der Waals surface area contributed by atoms with Crippen LogP contribution >= 0.6 is 0 Å². The molecule has 0 saturated carbocycles. The van der Waals surface area contributed by atoms with E-state index in [1.54, 1.807) is 0 Å². The predicted octanol–water partition coefficient (Wildman–Crippen LogP) is -0.0270. The Morgan fingerprint density at radius 3 is 2.38 bits per heavy atom. The fraction of sp³-hybridized carbons (Fsp3) is 0.889. The monoisotopic (exact) mass is 190 g/mol. The van der Waals surface area contributed by atoms with E-state index in [-0.39, 0.29) is 24.9 Å². The van der Waals surface area contributed by atoms with E-state index in [1.165, 1.54) is 6.92 Å². The van der Waals surface area contributed by atoms with Crippen molar-refractivity contribution in [2.24, 2.45) is 5.92 Å². The van der Waals surface area contributed by atoms with Crippen molar-refractivity contribution in [3.63, 3.8) is 0 Å². The second-order valence-electron chi connectivity index (χ2n) is 2.94. The standard InChI is InChI=1S/C9H18O4/c1-8(12)9(2-4-10)3-6-13-7-5-11/h9-11H,2-7H2,1H3. The number of ether oxygens (including phenoxy) is 1. The number of ketones is 1. The van der Waals surface area contributed by atoms with Gasteiger partial charge in [0.2, 0.25) is 0 Å². The summed E-state index contributed by atoms with van der Waals surface area (Å²) in [5.74, 6) is -0.0228. The van der Waals surface area contributed by atoms with Gasteiger partial charge in [0.25, 0.3) is 0 Å². The number of Topliss-reactive ketones (excluding diaryl/α,β-unsaturated/α-hetero) is 1. The second kappa shape index (κ2) is 8.16. The summed E-state index contributed by atoms with van der Waals surface area (Å²) in [5, 5.41) is 17.1. The first-order chi connectivity index (χ1) is 6.22. The Balaban J connectivity index is 3.51. The number of aliphatic hydroxyl groups is 2. The van der Waals surface area contributed by atoms with Crippen LogP contribution in [0.25, 0.3) is 0 Å². The van der Waals surface area contributed by atoms with Crippen LogP contribution < -0.4 is 0 Å². The van der Waals surface area contributed by atoms with Crippen LogP contribution in [0.15, 0.2) is 0 Å². The molecule has 0 aliphatic rings. The Bertz CT molecular complexity index is 136. The van der Waals surface area contributed by atoms with E-state index in [0.717, 1.165) is 0 Å². The van der Waals surface area contributed by atoms with Gasteiger partial charge in [-0.15, -0.1) is 0 Å². The second-order valence-corrected chi connectivity index (χ2v) is 2.94. The molecule has 0 aliphatic carbocycles. The van der Waals surface area contributed by atoms with Crippen molar-refractivity contribution in [1.82, 2.24) is 0 Å². The molecule has 0 spiro atoms. The molecule has 4 heteroatoms. The van der Waals surface area contributed by atoms with Crippen LogP contribution in [0.5, 0.6) is 0 Å². The number of aliphatic hydroxyl groups excluding tert-OH is 2. The van der Waals surface area contributed by atoms with Crippen molar-refractivity contribution in [1.29, 1.82) is 0 Å². The van der Waals surface area contributed by atoms with E-state index in [2.05, 4.69) is 0 Å². The number of hydrogen-bond donors (Lipinski definition) is 2. The van der Waals surface area contributed by atoms with Crippen molar-refractivity contribution in [2.45, 2.75) is 19.8 Å². The highest BCUT2D eigenvalue weighted by Gasteiger charge is 2.12. The van der Waals surface area contributed by atoms with Gasteiger partial charge in [-0.25, -0.2) is 0 Å². The van der Waals surface area contributed by atoms with E-state index >= 15 is 0 Å². The first-order valence-corrected chi connectivity index (χ1v) is 4.52. The first kappa shape index (κ1) is 12.6. The van der Waals surface area contributed by atoms with Gasteiger partial charge in [-0.1, -0.05) is 0 Å². The van der Waals surface area contributed by atoms with Gasteiger partial charge in [0.05, 0.1) is 13.2 Å². The molecule has 78 valence electrons. The SMILES string of the molecule is CC(=O)C(CCO)CCOCCO. The summed E-state index contributed by atoms with van der Waals surface area (Å²) < 4.78 is 5.03. The molecule has 0 aliphatic heterocycles. The minimum absolute atomic E-state index is 0.00470. The molecule has 0 bridgehead atoms. The quantitative estimate of drug-likeness (QED) is 0.528. The van der Waals surface area contributed by atoms with Crippen molar-refractivity contribution in [3.05, 3.63) is 0 Å². The summed E-state index contributed by atoms with van der Waals surface area (Å²) >= 11 is 0. The summed E-state index contributed by atoms with van der Waals surface area (Å²) in [6, 6.07) is 0. The Kier molecular flexibility index (Phi) is 7.88. The molecule has 0 aromatic rings. The lowest BCUT2D eigenvalue weighted by atomic mass is 9.98. The van der Waals surface area contributed by atoms with Crippen LogP contribution in [-0.2, 0) is 9.53 Å². The molecule has 0 amide bonds. The molecular weight excluding hydrogens is 172 g/mol. The Morgan fingerprint density at radius 2 is 1.92 bits per heavy atom. The first-order valence-electron chi connectivity index (χ1n) is 4.52. The zero-order valence-electron chi connectivity index (χ0n) is 8.03. The summed E-state index contributed by atoms with van der Waals surface area (Å²) in [7, 11) is 0. The van der Waals surface area contributed by atoms with Crippen LogP contribution in [0.1, 0.15) is 19.8 Å². The topological polar surface area (TPSA) is 66.8 Å². The average Bonchev–Trinajstić information content (AvgIpc) is 2.10. The fourth-order valence-corrected chi connectivity index (χ4v) is 1.10. The van der Waals surface area contributed by atoms with E-state index < -0.39 is 0 Å².